The highest BCUT2D eigenvalue weighted by molar-refractivity contribution is 4.76. The topological polar surface area (TPSA) is 12.0 Å². The first-order valence-corrected chi connectivity index (χ1v) is 6.71. The summed E-state index contributed by atoms with van der Waals surface area (Å²) >= 11 is 0. The van der Waals surface area contributed by atoms with E-state index in [1.165, 1.54) is 45.1 Å². The van der Waals surface area contributed by atoms with E-state index in [1.54, 1.807) is 0 Å². The lowest BCUT2D eigenvalue weighted by atomic mass is 9.86. The fourth-order valence-electron chi connectivity index (χ4n) is 2.54. The zero-order valence-electron chi connectivity index (χ0n) is 11.1. The minimum absolute atomic E-state index is 0.502. The third kappa shape index (κ3) is 6.19. The molecule has 0 radical (unpaired) electrons. The van der Waals surface area contributed by atoms with Crippen LogP contribution >= 0.6 is 0 Å². The predicted octanol–water partition coefficient (Wildman–Crippen LogP) is 3.98. The van der Waals surface area contributed by atoms with Gasteiger partial charge in [0.15, 0.2) is 0 Å². The van der Waals surface area contributed by atoms with E-state index in [9.17, 15) is 0 Å². The van der Waals surface area contributed by atoms with E-state index in [2.05, 4.69) is 33.0 Å². The van der Waals surface area contributed by atoms with Gasteiger partial charge >= 0.3 is 0 Å². The van der Waals surface area contributed by atoms with Crippen LogP contribution in [-0.4, -0.2) is 12.6 Å². The number of hydrogen-bond acceptors (Lipinski definition) is 1. The van der Waals surface area contributed by atoms with Crippen LogP contribution in [0.4, 0.5) is 0 Å². The van der Waals surface area contributed by atoms with Gasteiger partial charge in [-0.1, -0.05) is 40.5 Å². The van der Waals surface area contributed by atoms with Crippen molar-refractivity contribution in [1.29, 1.82) is 0 Å². The van der Waals surface area contributed by atoms with E-state index >= 15 is 0 Å². The molecule has 0 amide bonds. The first-order chi connectivity index (χ1) is 6.97. The molecule has 1 aliphatic carbocycles. The Labute approximate surface area is 96.0 Å². The number of rotatable bonds is 4. The highest BCUT2D eigenvalue weighted by atomic mass is 14.9. The molecule has 0 saturated heterocycles. The fourth-order valence-corrected chi connectivity index (χ4v) is 2.54. The van der Waals surface area contributed by atoms with E-state index in [1.807, 2.05) is 0 Å². The van der Waals surface area contributed by atoms with Gasteiger partial charge in [-0.3, -0.25) is 0 Å². The Morgan fingerprint density at radius 1 is 1.20 bits per heavy atom. The van der Waals surface area contributed by atoms with Gasteiger partial charge in [-0.05, 0) is 43.6 Å². The van der Waals surface area contributed by atoms with Crippen molar-refractivity contribution in [2.75, 3.05) is 6.54 Å². The van der Waals surface area contributed by atoms with E-state index in [0.717, 1.165) is 12.0 Å². The molecule has 0 spiro atoms. The van der Waals surface area contributed by atoms with Crippen molar-refractivity contribution in [3.8, 4) is 0 Å². The number of hydrogen-bond donors (Lipinski definition) is 1. The van der Waals surface area contributed by atoms with E-state index < -0.39 is 0 Å². The summed E-state index contributed by atoms with van der Waals surface area (Å²) in [5.74, 6) is 0.943. The standard InChI is InChI=1S/C14H29N/c1-12-7-5-8-13(11-12)15-10-6-9-14(2,3)4/h12-13,15H,5-11H2,1-4H3. The highest BCUT2D eigenvalue weighted by Crippen LogP contribution is 2.24. The van der Waals surface area contributed by atoms with Gasteiger partial charge in [0.05, 0.1) is 0 Å². The quantitative estimate of drug-likeness (QED) is 0.694. The first kappa shape index (κ1) is 13.0. The van der Waals surface area contributed by atoms with Gasteiger partial charge in [-0.25, -0.2) is 0 Å². The van der Waals surface area contributed by atoms with Crippen molar-refractivity contribution in [3.05, 3.63) is 0 Å². The molecule has 0 aliphatic heterocycles. The summed E-state index contributed by atoms with van der Waals surface area (Å²) in [5.41, 5.74) is 0.502. The Balaban J connectivity index is 2.04. The lowest BCUT2D eigenvalue weighted by Crippen LogP contribution is -2.34. The second kappa shape index (κ2) is 5.89. The van der Waals surface area contributed by atoms with Crippen LogP contribution in [0.2, 0.25) is 0 Å². The number of nitrogens with one attached hydrogen (secondary N) is 1. The van der Waals surface area contributed by atoms with E-state index in [4.69, 9.17) is 0 Å². The zero-order valence-corrected chi connectivity index (χ0v) is 11.1. The molecule has 0 bridgehead atoms. The third-order valence-corrected chi connectivity index (χ3v) is 3.47. The van der Waals surface area contributed by atoms with Crippen molar-refractivity contribution in [2.24, 2.45) is 11.3 Å². The molecule has 0 heterocycles. The van der Waals surface area contributed by atoms with Gasteiger partial charge < -0.3 is 5.32 Å². The predicted molar refractivity (Wildman–Crippen MR) is 68.1 cm³/mol. The van der Waals surface area contributed by atoms with Gasteiger partial charge in [-0.15, -0.1) is 0 Å². The Morgan fingerprint density at radius 3 is 2.53 bits per heavy atom. The summed E-state index contributed by atoms with van der Waals surface area (Å²) in [4.78, 5) is 0. The van der Waals surface area contributed by atoms with Crippen LogP contribution in [0.5, 0.6) is 0 Å². The zero-order chi connectivity index (χ0) is 11.3. The third-order valence-electron chi connectivity index (χ3n) is 3.47. The van der Waals surface area contributed by atoms with Crippen molar-refractivity contribution < 1.29 is 0 Å². The molecule has 1 fully saturated rings. The summed E-state index contributed by atoms with van der Waals surface area (Å²) in [6.45, 7) is 10.6. The van der Waals surface area contributed by atoms with Gasteiger partial charge in [-0.2, -0.15) is 0 Å². The summed E-state index contributed by atoms with van der Waals surface area (Å²) < 4.78 is 0. The molecule has 0 aromatic rings. The molecule has 1 saturated carbocycles. The summed E-state index contributed by atoms with van der Waals surface area (Å²) in [7, 11) is 0. The van der Waals surface area contributed by atoms with Crippen LogP contribution < -0.4 is 5.32 Å². The molecule has 1 nitrogen and oxygen atoms in total. The van der Waals surface area contributed by atoms with Crippen LogP contribution in [-0.2, 0) is 0 Å². The second-order valence-electron chi connectivity index (χ2n) is 6.59. The average Bonchev–Trinajstić information content (AvgIpc) is 2.11. The molecule has 0 aromatic heterocycles. The Bertz CT molecular complexity index is 169. The normalized spacial score (nSPS) is 28.0. The Hall–Kier alpha value is -0.0400. The lowest BCUT2D eigenvalue weighted by Gasteiger charge is -2.28. The Morgan fingerprint density at radius 2 is 1.93 bits per heavy atom. The molecular weight excluding hydrogens is 182 g/mol. The molecule has 2 atom stereocenters. The molecule has 2 unspecified atom stereocenters. The highest BCUT2D eigenvalue weighted by Gasteiger charge is 2.18. The van der Waals surface area contributed by atoms with Gasteiger partial charge in [0, 0.05) is 6.04 Å². The SMILES string of the molecule is CC1CCCC(NCCCC(C)(C)C)C1. The molecule has 90 valence electrons. The van der Waals surface area contributed by atoms with Crippen LogP contribution in [0, 0.1) is 11.3 Å². The molecule has 15 heavy (non-hydrogen) atoms. The minimum Gasteiger partial charge on any atom is -0.314 e. The molecule has 1 rings (SSSR count). The molecule has 1 N–H and O–H groups in total. The second-order valence-corrected chi connectivity index (χ2v) is 6.59. The van der Waals surface area contributed by atoms with Crippen molar-refractivity contribution in [1.82, 2.24) is 5.32 Å². The Kier molecular flexibility index (Phi) is 5.11. The summed E-state index contributed by atoms with van der Waals surface area (Å²) in [6.07, 6.45) is 8.34. The smallest absolute Gasteiger partial charge is 0.00696 e. The maximum Gasteiger partial charge on any atom is 0.00696 e. The first-order valence-electron chi connectivity index (χ1n) is 6.71. The van der Waals surface area contributed by atoms with Crippen LogP contribution in [0.15, 0.2) is 0 Å². The maximum atomic E-state index is 3.72. The van der Waals surface area contributed by atoms with Crippen molar-refractivity contribution in [3.63, 3.8) is 0 Å². The maximum absolute atomic E-state index is 3.72. The average molecular weight is 211 g/mol. The van der Waals surface area contributed by atoms with Gasteiger partial charge in [0.1, 0.15) is 0 Å². The fraction of sp³-hybridized carbons (Fsp3) is 1.00. The van der Waals surface area contributed by atoms with Crippen molar-refractivity contribution in [2.45, 2.75) is 72.3 Å². The van der Waals surface area contributed by atoms with E-state index in [-0.39, 0.29) is 0 Å². The molecule has 0 aromatic carbocycles. The van der Waals surface area contributed by atoms with Crippen LogP contribution in [0.25, 0.3) is 0 Å². The molecule has 1 aliphatic rings. The van der Waals surface area contributed by atoms with Crippen molar-refractivity contribution >= 4 is 0 Å². The molecule has 1 heteroatoms. The van der Waals surface area contributed by atoms with Gasteiger partial charge in [0.2, 0.25) is 0 Å². The largest absolute Gasteiger partial charge is 0.314 e. The van der Waals surface area contributed by atoms with E-state index in [0.29, 0.717) is 5.41 Å². The molecular formula is C14H29N. The van der Waals surface area contributed by atoms with Crippen LogP contribution in [0.1, 0.15) is 66.2 Å². The summed E-state index contributed by atoms with van der Waals surface area (Å²) in [6, 6.07) is 0.814. The van der Waals surface area contributed by atoms with Crippen LogP contribution in [0.3, 0.4) is 0 Å². The lowest BCUT2D eigenvalue weighted by molar-refractivity contribution is 0.291. The monoisotopic (exact) mass is 211 g/mol. The minimum atomic E-state index is 0.502. The summed E-state index contributed by atoms with van der Waals surface area (Å²) in [5, 5.41) is 3.72. The van der Waals surface area contributed by atoms with Gasteiger partial charge in [0.25, 0.3) is 0 Å².